The molecule has 0 saturated heterocycles. The fraction of sp³-hybridized carbons (Fsp3) is 0.385. The Labute approximate surface area is 196 Å². The summed E-state index contributed by atoms with van der Waals surface area (Å²) in [6.45, 7) is 17.3. The zero-order chi connectivity index (χ0) is 23.5. The van der Waals surface area contributed by atoms with Crippen LogP contribution in [-0.2, 0) is 4.12 Å². The van der Waals surface area contributed by atoms with Gasteiger partial charge in [-0.25, -0.2) is 9.06 Å². The summed E-state index contributed by atoms with van der Waals surface area (Å²) < 4.78 is 6.99. The second-order valence-corrected chi connectivity index (χ2v) is 30.0. The van der Waals surface area contributed by atoms with Crippen LogP contribution >= 0.6 is 18.1 Å². The second kappa shape index (κ2) is 9.88. The molecule has 31 heavy (non-hydrogen) atoms. The van der Waals surface area contributed by atoms with E-state index in [0.29, 0.717) is 0 Å². The van der Waals surface area contributed by atoms with E-state index in [1.807, 2.05) is 12.2 Å². The minimum atomic E-state index is -1.93. The van der Waals surface area contributed by atoms with Gasteiger partial charge in [0.05, 0.1) is 0 Å². The molecule has 0 spiro atoms. The molecule has 5 heteroatoms. The smallest absolute Gasteiger partial charge is 0.205 e. The molecule has 0 aliphatic rings. The van der Waals surface area contributed by atoms with Gasteiger partial charge in [-0.1, -0.05) is 61.7 Å². The molecular formula is C26H42OS2Si2. The molecule has 0 heterocycles. The summed E-state index contributed by atoms with van der Waals surface area (Å²) in [6, 6.07) is 19.1. The first-order valence-corrected chi connectivity index (χ1v) is 22.4. The highest BCUT2D eigenvalue weighted by Gasteiger charge is 2.37. The van der Waals surface area contributed by atoms with Gasteiger partial charge < -0.3 is 4.12 Å². The van der Waals surface area contributed by atoms with Gasteiger partial charge in [-0.15, -0.1) is 0 Å². The Kier molecular flexibility index (Phi) is 8.37. The number of rotatable bonds is 10. The lowest BCUT2D eigenvalue weighted by Gasteiger charge is -2.53. The lowest BCUT2D eigenvalue weighted by atomic mass is 10.2. The Morgan fingerprint density at radius 1 is 0.774 bits per heavy atom. The molecule has 0 unspecified atom stereocenters. The van der Waals surface area contributed by atoms with Gasteiger partial charge in [0.1, 0.15) is 0 Å². The standard InChI is InChI=1S/C26H42OS2Si2/c1-11-23-13-17-25(18-14-23)29(5,6)28(3,4)21-22-30(7,8)27-31(9,10)26-19-15-24(12-2)16-20-26/h11-20H,1-2,21-22H2,3-10H3. The normalized spacial score (nSPS) is 14.2. The highest BCUT2D eigenvalue weighted by Crippen LogP contribution is 2.78. The zero-order valence-corrected chi connectivity index (χ0v) is 24.5. The summed E-state index contributed by atoms with van der Waals surface area (Å²) in [7, 11) is -5.37. The molecule has 0 saturated carbocycles. The number of hydrogen-bond acceptors (Lipinski definition) is 1. The largest absolute Gasteiger partial charge is 0.452 e. The van der Waals surface area contributed by atoms with Crippen LogP contribution in [0, 0.1) is 0 Å². The molecule has 2 aromatic carbocycles. The Bertz CT molecular complexity index is 898. The minimum Gasteiger partial charge on any atom is -0.452 e. The third-order valence-electron chi connectivity index (χ3n) is 6.38. The first-order valence-electron chi connectivity index (χ1n) is 10.8. The van der Waals surface area contributed by atoms with E-state index in [4.69, 9.17) is 4.12 Å². The molecule has 0 bridgehead atoms. The molecule has 172 valence electrons. The third kappa shape index (κ3) is 6.51. The molecule has 0 fully saturated rings. The molecule has 0 radical (unpaired) electrons. The van der Waals surface area contributed by atoms with Crippen LogP contribution < -0.4 is 5.19 Å². The van der Waals surface area contributed by atoms with Crippen molar-refractivity contribution in [3.63, 3.8) is 0 Å². The number of hydrogen-bond donors (Lipinski definition) is 0. The topological polar surface area (TPSA) is 9.23 Å². The lowest BCUT2D eigenvalue weighted by molar-refractivity contribution is 0.558. The quantitative estimate of drug-likeness (QED) is 0.245. The predicted molar refractivity (Wildman–Crippen MR) is 156 cm³/mol. The lowest BCUT2D eigenvalue weighted by Crippen LogP contribution is -2.52. The Morgan fingerprint density at radius 3 is 1.68 bits per heavy atom. The van der Waals surface area contributed by atoms with Crippen LogP contribution in [0.2, 0.25) is 32.2 Å². The molecule has 1 nitrogen and oxygen atoms in total. The van der Waals surface area contributed by atoms with Crippen LogP contribution in [0.3, 0.4) is 0 Å². The van der Waals surface area contributed by atoms with Crippen molar-refractivity contribution in [1.82, 2.24) is 0 Å². The van der Waals surface area contributed by atoms with Gasteiger partial charge in [0.25, 0.3) is 0 Å². The van der Waals surface area contributed by atoms with Crippen molar-refractivity contribution in [2.24, 2.45) is 0 Å². The summed E-state index contributed by atoms with van der Waals surface area (Å²) in [5.41, 5.74) is 2.36. The molecule has 0 aliphatic heterocycles. The van der Waals surface area contributed by atoms with Crippen molar-refractivity contribution in [2.75, 3.05) is 30.8 Å². The molecule has 2 rings (SSSR count). The summed E-state index contributed by atoms with van der Waals surface area (Å²) >= 11 is 0. The van der Waals surface area contributed by atoms with Gasteiger partial charge in [-0.05, 0) is 96.3 Å². The summed E-state index contributed by atoms with van der Waals surface area (Å²) in [6.07, 6.45) is 13.9. The average Bonchev–Trinajstić information content (AvgIpc) is 2.71. The van der Waals surface area contributed by atoms with Gasteiger partial charge in [0.2, 0.25) is 8.32 Å². The van der Waals surface area contributed by atoms with Crippen LogP contribution in [0.4, 0.5) is 0 Å². The zero-order valence-electron chi connectivity index (χ0n) is 20.8. The van der Waals surface area contributed by atoms with Gasteiger partial charge in [-0.2, -0.15) is 9.06 Å². The van der Waals surface area contributed by atoms with Crippen LogP contribution in [-0.4, -0.2) is 47.4 Å². The van der Waals surface area contributed by atoms with Gasteiger partial charge in [0, 0.05) is 0 Å². The molecule has 0 aliphatic carbocycles. The Hall–Kier alpha value is -0.986. The van der Waals surface area contributed by atoms with Gasteiger partial charge >= 0.3 is 0 Å². The van der Waals surface area contributed by atoms with Crippen LogP contribution in [0.15, 0.2) is 66.6 Å². The van der Waals surface area contributed by atoms with Crippen LogP contribution in [0.5, 0.6) is 0 Å². The molecular weight excluding hydrogens is 449 g/mol. The first-order chi connectivity index (χ1) is 14.2. The summed E-state index contributed by atoms with van der Waals surface area (Å²) in [5.74, 6) is 1.28. The van der Waals surface area contributed by atoms with Gasteiger partial charge in [0.15, 0.2) is 8.32 Å². The second-order valence-electron chi connectivity index (χ2n) is 10.1. The Balaban J connectivity index is 2.12. The van der Waals surface area contributed by atoms with E-state index in [2.05, 4.69) is 113 Å². The fourth-order valence-electron chi connectivity index (χ4n) is 3.71. The van der Waals surface area contributed by atoms with Crippen LogP contribution in [0.1, 0.15) is 11.1 Å². The monoisotopic (exact) mass is 490 g/mol. The maximum atomic E-state index is 6.99. The van der Waals surface area contributed by atoms with Crippen molar-refractivity contribution >= 4 is 52.1 Å². The Morgan fingerprint density at radius 2 is 1.23 bits per heavy atom. The first kappa shape index (κ1) is 26.3. The maximum Gasteiger partial charge on any atom is 0.205 e. The molecule has 0 amide bonds. The minimum absolute atomic E-state index is 0.778. The number of benzene rings is 2. The van der Waals surface area contributed by atoms with Crippen molar-refractivity contribution in [2.45, 2.75) is 37.1 Å². The van der Waals surface area contributed by atoms with E-state index in [-0.39, 0.29) is 0 Å². The van der Waals surface area contributed by atoms with Gasteiger partial charge in [-0.3, -0.25) is 0 Å². The molecule has 0 atom stereocenters. The fourth-order valence-corrected chi connectivity index (χ4v) is 20.6. The molecule has 2 aromatic rings. The van der Waals surface area contributed by atoms with Crippen molar-refractivity contribution < 1.29 is 4.12 Å². The predicted octanol–water partition coefficient (Wildman–Crippen LogP) is 7.71. The third-order valence-corrected chi connectivity index (χ3v) is 26.9. The van der Waals surface area contributed by atoms with Crippen molar-refractivity contribution in [3.05, 3.63) is 72.8 Å². The van der Waals surface area contributed by atoms with Crippen molar-refractivity contribution in [3.8, 4) is 0 Å². The van der Waals surface area contributed by atoms with E-state index in [1.165, 1.54) is 33.0 Å². The van der Waals surface area contributed by atoms with Crippen molar-refractivity contribution in [1.29, 1.82) is 0 Å². The highest BCUT2D eigenvalue weighted by atomic mass is 33.2. The average molecular weight is 491 g/mol. The molecule has 0 aromatic heterocycles. The maximum absolute atomic E-state index is 6.99. The summed E-state index contributed by atoms with van der Waals surface area (Å²) in [4.78, 5) is 1.51. The van der Waals surface area contributed by atoms with E-state index in [9.17, 15) is 0 Å². The van der Waals surface area contributed by atoms with Crippen LogP contribution in [0.25, 0.3) is 12.2 Å². The highest BCUT2D eigenvalue weighted by molar-refractivity contribution is 9.07. The molecule has 0 N–H and O–H groups in total. The van der Waals surface area contributed by atoms with E-state index < -0.39 is 34.8 Å². The van der Waals surface area contributed by atoms with E-state index in [1.54, 1.807) is 0 Å². The summed E-state index contributed by atoms with van der Waals surface area (Å²) in [5, 5.41) is 1.37. The SMILES string of the molecule is C=Cc1ccc([Si](C)(C)O[Si](C)(C)CCS(C)(C)S(C)(C)c2ccc(C=C)cc2)cc1. The van der Waals surface area contributed by atoms with E-state index >= 15 is 0 Å². The van der Waals surface area contributed by atoms with E-state index in [0.717, 1.165) is 0 Å².